The van der Waals surface area contributed by atoms with Gasteiger partial charge in [0.2, 0.25) is 0 Å². The summed E-state index contributed by atoms with van der Waals surface area (Å²) >= 11 is 0. The van der Waals surface area contributed by atoms with E-state index in [1.807, 2.05) is 54.6 Å². The molecule has 0 aliphatic heterocycles. The Morgan fingerprint density at radius 3 is 2.78 bits per heavy atom. The molecule has 0 saturated heterocycles. The number of para-hydroxylation sites is 1. The highest BCUT2D eigenvalue weighted by Crippen LogP contribution is 2.15. The number of methoxy groups -OCH3 is 1. The molecule has 1 aromatic heterocycles. The Hall–Kier alpha value is -2.92. The van der Waals surface area contributed by atoms with Gasteiger partial charge in [-0.15, -0.1) is 0 Å². The molecule has 2 aromatic carbocycles. The van der Waals surface area contributed by atoms with Gasteiger partial charge in [-0.2, -0.15) is 0 Å². The molecule has 5 heteroatoms. The summed E-state index contributed by atoms with van der Waals surface area (Å²) in [6.45, 7) is 0.506. The summed E-state index contributed by atoms with van der Waals surface area (Å²) in [5.41, 5.74) is 3.10. The van der Waals surface area contributed by atoms with Crippen molar-refractivity contribution in [1.82, 2.24) is 9.55 Å². The van der Waals surface area contributed by atoms with Gasteiger partial charge in [0.05, 0.1) is 19.1 Å². The molecule has 23 heavy (non-hydrogen) atoms. The molecule has 3 rings (SSSR count). The van der Waals surface area contributed by atoms with E-state index >= 15 is 0 Å². The topological polar surface area (TPSA) is 56.1 Å². The summed E-state index contributed by atoms with van der Waals surface area (Å²) in [7, 11) is 1.64. The molecule has 0 unspecified atom stereocenters. The molecule has 0 aliphatic rings. The molecule has 0 spiro atoms. The first-order valence-corrected chi connectivity index (χ1v) is 7.25. The van der Waals surface area contributed by atoms with Crippen molar-refractivity contribution in [2.24, 2.45) is 0 Å². The highest BCUT2D eigenvalue weighted by molar-refractivity contribution is 6.03. The molecular weight excluding hydrogens is 290 g/mol. The first-order chi connectivity index (χ1) is 11.3. The predicted octanol–water partition coefficient (Wildman–Crippen LogP) is 3.27. The summed E-state index contributed by atoms with van der Waals surface area (Å²) < 4.78 is 6.87. The van der Waals surface area contributed by atoms with E-state index in [0.29, 0.717) is 12.3 Å². The number of ether oxygens (including phenoxy) is 1. The molecule has 0 fully saturated rings. The summed E-state index contributed by atoms with van der Waals surface area (Å²) in [4.78, 5) is 16.6. The van der Waals surface area contributed by atoms with Gasteiger partial charge < -0.3 is 10.1 Å². The Balaban J connectivity index is 1.82. The van der Waals surface area contributed by atoms with Gasteiger partial charge in [0, 0.05) is 18.5 Å². The van der Waals surface area contributed by atoms with E-state index in [1.54, 1.807) is 24.2 Å². The van der Waals surface area contributed by atoms with E-state index in [1.165, 1.54) is 0 Å². The zero-order valence-electron chi connectivity index (χ0n) is 12.8. The van der Waals surface area contributed by atoms with Crippen LogP contribution < -0.4 is 5.32 Å². The van der Waals surface area contributed by atoms with Gasteiger partial charge >= 0.3 is 0 Å². The van der Waals surface area contributed by atoms with Crippen LogP contribution >= 0.6 is 0 Å². The molecule has 1 heterocycles. The van der Waals surface area contributed by atoms with Gasteiger partial charge in [0.1, 0.15) is 5.69 Å². The van der Waals surface area contributed by atoms with Crippen LogP contribution in [0.5, 0.6) is 0 Å². The van der Waals surface area contributed by atoms with Gasteiger partial charge in [0.15, 0.2) is 0 Å². The van der Waals surface area contributed by atoms with E-state index in [2.05, 4.69) is 10.3 Å². The molecule has 0 aliphatic carbocycles. The Morgan fingerprint density at radius 2 is 2.00 bits per heavy atom. The van der Waals surface area contributed by atoms with Crippen molar-refractivity contribution in [3.63, 3.8) is 0 Å². The number of carbonyl (C=O) groups is 1. The molecular formula is C18H17N3O2. The second-order valence-electron chi connectivity index (χ2n) is 5.07. The van der Waals surface area contributed by atoms with Crippen LogP contribution in [0.2, 0.25) is 0 Å². The van der Waals surface area contributed by atoms with Crippen molar-refractivity contribution in [1.29, 1.82) is 0 Å². The maximum Gasteiger partial charge on any atom is 0.274 e. The number of imidazole rings is 1. The number of hydrogen-bond acceptors (Lipinski definition) is 3. The lowest BCUT2D eigenvalue weighted by Crippen LogP contribution is -2.16. The van der Waals surface area contributed by atoms with Gasteiger partial charge in [-0.05, 0) is 29.8 Å². The quantitative estimate of drug-likeness (QED) is 0.787. The third-order valence-electron chi connectivity index (χ3n) is 3.40. The van der Waals surface area contributed by atoms with E-state index in [9.17, 15) is 4.79 Å². The third kappa shape index (κ3) is 3.46. The zero-order valence-corrected chi connectivity index (χ0v) is 12.8. The van der Waals surface area contributed by atoms with E-state index in [4.69, 9.17) is 4.74 Å². The maximum atomic E-state index is 12.5. The van der Waals surface area contributed by atoms with Crippen molar-refractivity contribution in [3.8, 4) is 5.69 Å². The van der Waals surface area contributed by atoms with Crippen molar-refractivity contribution in [2.75, 3.05) is 12.4 Å². The summed E-state index contributed by atoms with van der Waals surface area (Å²) in [6.07, 6.45) is 3.19. The molecule has 5 nitrogen and oxygen atoms in total. The van der Waals surface area contributed by atoms with E-state index in [-0.39, 0.29) is 5.91 Å². The number of aromatic nitrogens is 2. The number of carbonyl (C=O) groups excluding carboxylic acids is 1. The SMILES string of the molecule is COCc1cccc(NC(=O)c2cncn2-c2ccccc2)c1. The number of hydrogen-bond donors (Lipinski definition) is 1. The average Bonchev–Trinajstić information content (AvgIpc) is 3.06. The number of amides is 1. The van der Waals surface area contributed by atoms with Crippen molar-refractivity contribution < 1.29 is 9.53 Å². The molecule has 116 valence electrons. The summed E-state index contributed by atoms with van der Waals surface area (Å²) in [5, 5.41) is 2.90. The lowest BCUT2D eigenvalue weighted by Gasteiger charge is -2.10. The maximum absolute atomic E-state index is 12.5. The van der Waals surface area contributed by atoms with Gasteiger partial charge in [-0.1, -0.05) is 30.3 Å². The van der Waals surface area contributed by atoms with Crippen LogP contribution in [0.3, 0.4) is 0 Å². The van der Waals surface area contributed by atoms with Crippen molar-refractivity contribution >= 4 is 11.6 Å². The molecule has 1 N–H and O–H groups in total. The Bertz CT molecular complexity index is 797. The molecule has 0 bridgehead atoms. The van der Waals surface area contributed by atoms with Crippen molar-refractivity contribution in [2.45, 2.75) is 6.61 Å². The molecule has 3 aromatic rings. The second-order valence-corrected chi connectivity index (χ2v) is 5.07. The van der Waals surface area contributed by atoms with Crippen LogP contribution in [0.25, 0.3) is 5.69 Å². The standard InChI is InChI=1S/C18H17N3O2/c1-23-12-14-6-5-7-15(10-14)20-18(22)17-11-19-13-21(17)16-8-3-2-4-9-16/h2-11,13H,12H2,1H3,(H,20,22). The van der Waals surface area contributed by atoms with Crippen LogP contribution in [-0.2, 0) is 11.3 Å². The average molecular weight is 307 g/mol. The van der Waals surface area contributed by atoms with Gasteiger partial charge in [0.25, 0.3) is 5.91 Å². The van der Waals surface area contributed by atoms with Crippen LogP contribution in [0, 0.1) is 0 Å². The predicted molar refractivity (Wildman–Crippen MR) is 88.7 cm³/mol. The lowest BCUT2D eigenvalue weighted by molar-refractivity contribution is 0.102. The lowest BCUT2D eigenvalue weighted by atomic mass is 10.2. The minimum atomic E-state index is -0.207. The largest absolute Gasteiger partial charge is 0.380 e. The van der Waals surface area contributed by atoms with Crippen LogP contribution in [0.15, 0.2) is 67.1 Å². The number of anilines is 1. The van der Waals surface area contributed by atoms with Crippen LogP contribution in [-0.4, -0.2) is 22.6 Å². The minimum Gasteiger partial charge on any atom is -0.380 e. The minimum absolute atomic E-state index is 0.207. The molecule has 0 atom stereocenters. The van der Waals surface area contributed by atoms with Crippen molar-refractivity contribution in [3.05, 3.63) is 78.4 Å². The monoisotopic (exact) mass is 307 g/mol. The summed E-state index contributed by atoms with van der Waals surface area (Å²) in [5.74, 6) is -0.207. The fourth-order valence-corrected chi connectivity index (χ4v) is 2.36. The highest BCUT2D eigenvalue weighted by Gasteiger charge is 2.13. The van der Waals surface area contributed by atoms with Gasteiger partial charge in [-0.3, -0.25) is 9.36 Å². The molecule has 0 saturated carbocycles. The highest BCUT2D eigenvalue weighted by atomic mass is 16.5. The number of nitrogens with one attached hydrogen (secondary N) is 1. The number of nitrogens with zero attached hydrogens (tertiary/aromatic N) is 2. The Labute approximate surface area is 134 Å². The zero-order chi connectivity index (χ0) is 16.1. The van der Waals surface area contributed by atoms with Gasteiger partial charge in [-0.25, -0.2) is 4.98 Å². The molecule has 0 radical (unpaired) electrons. The van der Waals surface area contributed by atoms with Crippen LogP contribution in [0.1, 0.15) is 16.1 Å². The van der Waals surface area contributed by atoms with E-state index < -0.39 is 0 Å². The fourth-order valence-electron chi connectivity index (χ4n) is 2.36. The smallest absolute Gasteiger partial charge is 0.274 e. The summed E-state index contributed by atoms with van der Waals surface area (Å²) in [6, 6.07) is 17.2. The second kappa shape index (κ2) is 6.89. The first kappa shape index (κ1) is 15.0. The van der Waals surface area contributed by atoms with E-state index in [0.717, 1.165) is 16.9 Å². The molecule has 1 amide bonds. The Morgan fingerprint density at radius 1 is 1.17 bits per heavy atom. The van der Waals surface area contributed by atoms with Crippen LogP contribution in [0.4, 0.5) is 5.69 Å². The third-order valence-corrected chi connectivity index (χ3v) is 3.40. The Kier molecular flexibility index (Phi) is 4.49. The number of rotatable bonds is 5. The normalized spacial score (nSPS) is 10.5. The number of benzene rings is 2. The first-order valence-electron chi connectivity index (χ1n) is 7.25. The fraction of sp³-hybridized carbons (Fsp3) is 0.111.